The van der Waals surface area contributed by atoms with Crippen molar-refractivity contribution >= 4 is 57.8 Å². The highest BCUT2D eigenvalue weighted by molar-refractivity contribution is 8.26. The Hall–Kier alpha value is -2.09. The smallest absolute Gasteiger partial charge is 0.285 e. The van der Waals surface area contributed by atoms with Crippen molar-refractivity contribution in [2.75, 3.05) is 0 Å². The average molecular weight is 393 g/mol. The number of amides is 2. The first-order chi connectivity index (χ1) is 11.8. The molecule has 2 heterocycles. The second-order valence-corrected chi connectivity index (χ2v) is 7.47. The maximum Gasteiger partial charge on any atom is 0.285 e. The van der Waals surface area contributed by atoms with Crippen LogP contribution in [0.3, 0.4) is 0 Å². The second-order valence-electron chi connectivity index (χ2n) is 5.39. The fourth-order valence-electron chi connectivity index (χ4n) is 2.19. The van der Waals surface area contributed by atoms with E-state index in [1.807, 2.05) is 13.8 Å². The molecule has 0 aliphatic carbocycles. The van der Waals surface area contributed by atoms with Crippen LogP contribution in [0.4, 0.5) is 0 Å². The lowest BCUT2D eigenvalue weighted by Gasteiger charge is -2.16. The van der Waals surface area contributed by atoms with Crippen molar-refractivity contribution in [2.24, 2.45) is 0 Å². The highest BCUT2D eigenvalue weighted by Gasteiger charge is 2.34. The topological polar surface area (TPSA) is 62.6 Å². The summed E-state index contributed by atoms with van der Waals surface area (Å²) in [5.41, 5.74) is 3.71. The number of aryl methyl sites for hydroxylation is 2. The molecule has 2 aromatic rings. The van der Waals surface area contributed by atoms with Gasteiger partial charge in [0.2, 0.25) is 0 Å². The summed E-state index contributed by atoms with van der Waals surface area (Å²) in [6, 6.07) is 8.61. The van der Waals surface area contributed by atoms with Crippen LogP contribution in [0.1, 0.15) is 27.4 Å². The highest BCUT2D eigenvalue weighted by Crippen LogP contribution is 2.32. The molecule has 1 saturated heterocycles. The molecule has 0 saturated carbocycles. The number of benzene rings is 1. The number of hydrazine groups is 1. The summed E-state index contributed by atoms with van der Waals surface area (Å²) in [6.45, 7) is 3.69. The average Bonchev–Trinajstić information content (AvgIpc) is 3.06. The number of carbonyl (C=O) groups excluding carboxylic acids is 2. The maximum atomic E-state index is 12.5. The number of furan rings is 1. The molecule has 1 aromatic heterocycles. The first-order valence-corrected chi connectivity index (χ1v) is 8.87. The number of nitrogens with zero attached hydrogens (tertiary/aromatic N) is 1. The molecule has 1 N–H and O–H groups in total. The zero-order valence-corrected chi connectivity index (χ0v) is 15.7. The van der Waals surface area contributed by atoms with Gasteiger partial charge in [0.1, 0.15) is 11.5 Å². The van der Waals surface area contributed by atoms with Crippen molar-refractivity contribution in [1.82, 2.24) is 10.4 Å². The van der Waals surface area contributed by atoms with Gasteiger partial charge in [-0.15, -0.1) is 0 Å². The molecule has 1 fully saturated rings. The van der Waals surface area contributed by atoms with E-state index in [2.05, 4.69) is 5.43 Å². The van der Waals surface area contributed by atoms with Crippen LogP contribution in [0.5, 0.6) is 0 Å². The SMILES string of the molecule is Cc1ccc(C(=O)NN2C(=O)/C(=C\c3ccc(C)o3)SC2=S)c(Cl)c1. The zero-order chi connectivity index (χ0) is 18.1. The molecule has 0 atom stereocenters. The molecule has 2 amide bonds. The van der Waals surface area contributed by atoms with Crippen LogP contribution in [0, 0.1) is 13.8 Å². The van der Waals surface area contributed by atoms with Crippen LogP contribution in [-0.2, 0) is 4.79 Å². The minimum Gasteiger partial charge on any atom is -0.462 e. The largest absolute Gasteiger partial charge is 0.462 e. The third-order valence-corrected chi connectivity index (χ3v) is 5.03. The Labute approximate surface area is 159 Å². The number of carbonyl (C=O) groups is 2. The molecule has 128 valence electrons. The summed E-state index contributed by atoms with van der Waals surface area (Å²) in [6.07, 6.45) is 1.59. The summed E-state index contributed by atoms with van der Waals surface area (Å²) in [5, 5.41) is 1.35. The Morgan fingerprint density at radius 1 is 1.32 bits per heavy atom. The van der Waals surface area contributed by atoms with Crippen molar-refractivity contribution < 1.29 is 14.0 Å². The molecule has 0 bridgehead atoms. The number of rotatable bonds is 3. The molecule has 0 spiro atoms. The van der Waals surface area contributed by atoms with Gasteiger partial charge < -0.3 is 4.42 Å². The Kier molecular flexibility index (Phi) is 4.99. The summed E-state index contributed by atoms with van der Waals surface area (Å²) in [4.78, 5) is 25.3. The minimum absolute atomic E-state index is 0.233. The van der Waals surface area contributed by atoms with Gasteiger partial charge in [-0.25, -0.2) is 0 Å². The van der Waals surface area contributed by atoms with E-state index in [0.717, 1.165) is 28.1 Å². The lowest BCUT2D eigenvalue weighted by atomic mass is 10.1. The van der Waals surface area contributed by atoms with E-state index in [-0.39, 0.29) is 9.88 Å². The molecule has 3 rings (SSSR count). The predicted molar refractivity (Wildman–Crippen MR) is 102 cm³/mol. The molecular formula is C17H13ClN2O3S2. The standard InChI is InChI=1S/C17H13ClN2O3S2/c1-9-3-6-12(13(18)7-9)15(21)19-20-16(22)14(25-17(20)24)8-11-5-4-10(2)23-11/h3-8H,1-2H3,(H,19,21)/b14-8+. The molecule has 8 heteroatoms. The van der Waals surface area contributed by atoms with Crippen molar-refractivity contribution in [1.29, 1.82) is 0 Å². The van der Waals surface area contributed by atoms with Gasteiger partial charge in [0.05, 0.1) is 15.5 Å². The fourth-order valence-corrected chi connectivity index (χ4v) is 3.67. The van der Waals surface area contributed by atoms with Gasteiger partial charge in [-0.3, -0.25) is 15.0 Å². The van der Waals surface area contributed by atoms with Crippen LogP contribution in [0.2, 0.25) is 5.02 Å². The van der Waals surface area contributed by atoms with Crippen LogP contribution in [0.15, 0.2) is 39.7 Å². The van der Waals surface area contributed by atoms with Gasteiger partial charge in [0.25, 0.3) is 11.8 Å². The molecule has 25 heavy (non-hydrogen) atoms. The molecule has 1 aliphatic rings. The number of hydrogen-bond donors (Lipinski definition) is 1. The van der Waals surface area contributed by atoms with Crippen molar-refractivity contribution in [3.63, 3.8) is 0 Å². The summed E-state index contributed by atoms with van der Waals surface area (Å²) in [5.74, 6) is 0.368. The maximum absolute atomic E-state index is 12.5. The Morgan fingerprint density at radius 3 is 2.72 bits per heavy atom. The Balaban J connectivity index is 1.79. The predicted octanol–water partition coefficient (Wildman–Crippen LogP) is 4.10. The molecule has 0 radical (unpaired) electrons. The highest BCUT2D eigenvalue weighted by atomic mass is 35.5. The van der Waals surface area contributed by atoms with Crippen LogP contribution in [-0.4, -0.2) is 21.1 Å². The number of halogens is 1. The van der Waals surface area contributed by atoms with Crippen LogP contribution < -0.4 is 5.43 Å². The van der Waals surface area contributed by atoms with Gasteiger partial charge in [-0.05, 0) is 55.9 Å². The first-order valence-electron chi connectivity index (χ1n) is 7.26. The Morgan fingerprint density at radius 2 is 2.08 bits per heavy atom. The van der Waals surface area contributed by atoms with E-state index < -0.39 is 11.8 Å². The molecular weight excluding hydrogens is 380 g/mol. The lowest BCUT2D eigenvalue weighted by Crippen LogP contribution is -2.44. The quantitative estimate of drug-likeness (QED) is 0.629. The van der Waals surface area contributed by atoms with Crippen LogP contribution in [0.25, 0.3) is 6.08 Å². The molecule has 0 unspecified atom stereocenters. The number of nitrogens with one attached hydrogen (secondary N) is 1. The molecule has 1 aliphatic heterocycles. The van der Waals surface area contributed by atoms with E-state index in [1.54, 1.807) is 36.4 Å². The normalized spacial score (nSPS) is 16.0. The van der Waals surface area contributed by atoms with Crippen molar-refractivity contribution in [3.05, 3.63) is 62.9 Å². The summed E-state index contributed by atoms with van der Waals surface area (Å²) >= 11 is 12.4. The second kappa shape index (κ2) is 7.03. The van der Waals surface area contributed by atoms with E-state index in [1.165, 1.54) is 0 Å². The monoisotopic (exact) mass is 392 g/mol. The van der Waals surface area contributed by atoms with Crippen molar-refractivity contribution in [3.8, 4) is 0 Å². The van der Waals surface area contributed by atoms with Gasteiger partial charge in [-0.2, -0.15) is 5.01 Å². The zero-order valence-electron chi connectivity index (χ0n) is 13.3. The van der Waals surface area contributed by atoms with E-state index in [4.69, 9.17) is 28.2 Å². The van der Waals surface area contributed by atoms with Gasteiger partial charge in [0.15, 0.2) is 4.32 Å². The summed E-state index contributed by atoms with van der Waals surface area (Å²) in [7, 11) is 0. The van der Waals surface area contributed by atoms with Gasteiger partial charge in [-0.1, -0.05) is 29.4 Å². The lowest BCUT2D eigenvalue weighted by molar-refractivity contribution is -0.123. The fraction of sp³-hybridized carbons (Fsp3) is 0.118. The first kappa shape index (κ1) is 17.7. The number of hydrogen-bond acceptors (Lipinski definition) is 5. The van der Waals surface area contributed by atoms with Crippen LogP contribution >= 0.6 is 35.6 Å². The van der Waals surface area contributed by atoms with Crippen molar-refractivity contribution in [2.45, 2.75) is 13.8 Å². The third-order valence-electron chi connectivity index (χ3n) is 3.41. The molecule has 1 aromatic carbocycles. The molecule has 5 nitrogen and oxygen atoms in total. The van der Waals surface area contributed by atoms with E-state index in [9.17, 15) is 9.59 Å². The minimum atomic E-state index is -0.503. The number of thiocarbonyl (C=S) groups is 1. The van der Waals surface area contributed by atoms with E-state index in [0.29, 0.717) is 15.7 Å². The number of thioether (sulfide) groups is 1. The summed E-state index contributed by atoms with van der Waals surface area (Å²) < 4.78 is 5.67. The Bertz CT molecular complexity index is 920. The van der Waals surface area contributed by atoms with Gasteiger partial charge >= 0.3 is 0 Å². The van der Waals surface area contributed by atoms with E-state index >= 15 is 0 Å². The van der Waals surface area contributed by atoms with Gasteiger partial charge in [0, 0.05) is 6.08 Å². The third kappa shape index (κ3) is 3.78.